The molecule has 0 bridgehead atoms. The fourth-order valence-corrected chi connectivity index (χ4v) is 1.94. The van der Waals surface area contributed by atoms with E-state index in [2.05, 4.69) is 33.0 Å². The molecule has 0 rings (SSSR count). The summed E-state index contributed by atoms with van der Waals surface area (Å²) >= 11 is 0. The molecule has 2 N–H and O–H groups in total. The molecular weight excluding hydrogens is 186 g/mol. The Kier molecular flexibility index (Phi) is 8.07. The molecular formula is C13H29NO. The van der Waals surface area contributed by atoms with Gasteiger partial charge in [-0.1, -0.05) is 34.1 Å². The first-order valence-electron chi connectivity index (χ1n) is 6.52. The molecule has 0 aliphatic rings. The van der Waals surface area contributed by atoms with Crippen molar-refractivity contribution >= 4 is 0 Å². The molecule has 0 fully saturated rings. The number of aliphatic hydroxyl groups excluding tert-OH is 1. The third-order valence-electron chi connectivity index (χ3n) is 3.73. The highest BCUT2D eigenvalue weighted by atomic mass is 16.3. The van der Waals surface area contributed by atoms with E-state index in [1.807, 2.05) is 0 Å². The molecule has 1 atom stereocenters. The summed E-state index contributed by atoms with van der Waals surface area (Å²) in [6, 6.07) is 0.624. The SMILES string of the molecule is CCCC(CC)NCC(CC)(CC)CO. The maximum Gasteiger partial charge on any atom is 0.0499 e. The van der Waals surface area contributed by atoms with Gasteiger partial charge < -0.3 is 10.4 Å². The fraction of sp³-hybridized carbons (Fsp3) is 1.00. The average molecular weight is 215 g/mol. The Hall–Kier alpha value is -0.0800. The first kappa shape index (κ1) is 14.9. The topological polar surface area (TPSA) is 32.3 Å². The van der Waals surface area contributed by atoms with Crippen molar-refractivity contribution in [2.24, 2.45) is 5.41 Å². The molecule has 0 saturated heterocycles. The van der Waals surface area contributed by atoms with Gasteiger partial charge in [0.15, 0.2) is 0 Å². The normalized spacial score (nSPS) is 14.2. The minimum Gasteiger partial charge on any atom is -0.396 e. The predicted molar refractivity (Wildman–Crippen MR) is 67.1 cm³/mol. The molecule has 15 heavy (non-hydrogen) atoms. The predicted octanol–water partition coefficient (Wildman–Crippen LogP) is 2.95. The number of hydrogen-bond donors (Lipinski definition) is 2. The molecule has 0 aromatic carbocycles. The van der Waals surface area contributed by atoms with Gasteiger partial charge in [0.05, 0.1) is 0 Å². The molecule has 0 aromatic heterocycles. The van der Waals surface area contributed by atoms with Crippen LogP contribution >= 0.6 is 0 Å². The summed E-state index contributed by atoms with van der Waals surface area (Å²) in [6.07, 6.45) is 5.76. The smallest absolute Gasteiger partial charge is 0.0499 e. The molecule has 0 aliphatic heterocycles. The summed E-state index contributed by atoms with van der Waals surface area (Å²) in [4.78, 5) is 0. The third kappa shape index (κ3) is 4.98. The Balaban J connectivity index is 4.06. The van der Waals surface area contributed by atoms with Gasteiger partial charge in [0.1, 0.15) is 0 Å². The molecule has 92 valence electrons. The minimum atomic E-state index is 0.0984. The monoisotopic (exact) mass is 215 g/mol. The lowest BCUT2D eigenvalue weighted by atomic mass is 9.83. The Morgan fingerprint density at radius 3 is 2.07 bits per heavy atom. The van der Waals surface area contributed by atoms with Crippen LogP contribution in [0.3, 0.4) is 0 Å². The first-order chi connectivity index (χ1) is 7.17. The van der Waals surface area contributed by atoms with Gasteiger partial charge >= 0.3 is 0 Å². The van der Waals surface area contributed by atoms with E-state index in [9.17, 15) is 5.11 Å². The van der Waals surface area contributed by atoms with E-state index in [1.165, 1.54) is 19.3 Å². The van der Waals surface area contributed by atoms with Crippen LogP contribution in [-0.2, 0) is 0 Å². The van der Waals surface area contributed by atoms with E-state index >= 15 is 0 Å². The minimum absolute atomic E-state index is 0.0984. The third-order valence-corrected chi connectivity index (χ3v) is 3.73. The molecule has 0 radical (unpaired) electrons. The molecule has 0 heterocycles. The average Bonchev–Trinajstić information content (AvgIpc) is 2.30. The van der Waals surface area contributed by atoms with Crippen LogP contribution in [0, 0.1) is 5.41 Å². The highest BCUT2D eigenvalue weighted by molar-refractivity contribution is 4.80. The van der Waals surface area contributed by atoms with Gasteiger partial charge in [0.25, 0.3) is 0 Å². The summed E-state index contributed by atoms with van der Waals surface area (Å²) in [5.74, 6) is 0. The molecule has 0 saturated carbocycles. The fourth-order valence-electron chi connectivity index (χ4n) is 1.94. The van der Waals surface area contributed by atoms with Gasteiger partial charge in [-0.25, -0.2) is 0 Å². The van der Waals surface area contributed by atoms with Crippen molar-refractivity contribution in [2.75, 3.05) is 13.2 Å². The summed E-state index contributed by atoms with van der Waals surface area (Å²) < 4.78 is 0. The van der Waals surface area contributed by atoms with Crippen LogP contribution in [0.5, 0.6) is 0 Å². The van der Waals surface area contributed by atoms with Gasteiger partial charge in [-0.15, -0.1) is 0 Å². The van der Waals surface area contributed by atoms with Crippen LogP contribution in [0.1, 0.15) is 59.8 Å². The van der Waals surface area contributed by atoms with Crippen molar-refractivity contribution in [3.8, 4) is 0 Å². The van der Waals surface area contributed by atoms with Crippen LogP contribution in [0.15, 0.2) is 0 Å². The van der Waals surface area contributed by atoms with Gasteiger partial charge in [-0.2, -0.15) is 0 Å². The van der Waals surface area contributed by atoms with Crippen molar-refractivity contribution in [1.29, 1.82) is 0 Å². The van der Waals surface area contributed by atoms with E-state index in [0.29, 0.717) is 12.6 Å². The van der Waals surface area contributed by atoms with Gasteiger partial charge in [-0.05, 0) is 25.7 Å². The van der Waals surface area contributed by atoms with E-state index < -0.39 is 0 Å². The molecule has 2 heteroatoms. The Morgan fingerprint density at radius 1 is 1.13 bits per heavy atom. The quantitative estimate of drug-likeness (QED) is 0.620. The second-order valence-corrected chi connectivity index (χ2v) is 4.64. The Labute approximate surface area is 95.5 Å². The largest absolute Gasteiger partial charge is 0.396 e. The zero-order valence-corrected chi connectivity index (χ0v) is 11.0. The second kappa shape index (κ2) is 8.12. The number of rotatable bonds is 9. The Morgan fingerprint density at radius 2 is 1.73 bits per heavy atom. The number of nitrogens with one attached hydrogen (secondary N) is 1. The van der Waals surface area contributed by atoms with Gasteiger partial charge in [-0.3, -0.25) is 0 Å². The van der Waals surface area contributed by atoms with Crippen molar-refractivity contribution < 1.29 is 5.11 Å². The molecule has 0 aliphatic carbocycles. The van der Waals surface area contributed by atoms with Crippen molar-refractivity contribution in [1.82, 2.24) is 5.32 Å². The van der Waals surface area contributed by atoms with Crippen LogP contribution in [0.2, 0.25) is 0 Å². The lowest BCUT2D eigenvalue weighted by Gasteiger charge is -2.31. The molecule has 0 spiro atoms. The molecule has 2 nitrogen and oxygen atoms in total. The molecule has 1 unspecified atom stereocenters. The van der Waals surface area contributed by atoms with E-state index in [-0.39, 0.29) is 5.41 Å². The van der Waals surface area contributed by atoms with E-state index in [1.54, 1.807) is 0 Å². The summed E-state index contributed by atoms with van der Waals surface area (Å²) in [6.45, 7) is 10.0. The number of hydrogen-bond acceptors (Lipinski definition) is 2. The lowest BCUT2D eigenvalue weighted by Crippen LogP contribution is -2.41. The summed E-state index contributed by atoms with van der Waals surface area (Å²) in [7, 11) is 0. The van der Waals surface area contributed by atoms with Crippen LogP contribution in [0.25, 0.3) is 0 Å². The van der Waals surface area contributed by atoms with Gasteiger partial charge in [0, 0.05) is 24.6 Å². The van der Waals surface area contributed by atoms with Crippen molar-refractivity contribution in [3.63, 3.8) is 0 Å². The summed E-state index contributed by atoms with van der Waals surface area (Å²) in [5.41, 5.74) is 0.0984. The molecule has 0 aromatic rings. The zero-order valence-electron chi connectivity index (χ0n) is 11.0. The molecule has 0 amide bonds. The van der Waals surface area contributed by atoms with Crippen LogP contribution < -0.4 is 5.32 Å². The van der Waals surface area contributed by atoms with E-state index in [4.69, 9.17) is 0 Å². The Bertz CT molecular complexity index is 135. The second-order valence-electron chi connectivity index (χ2n) is 4.64. The lowest BCUT2D eigenvalue weighted by molar-refractivity contribution is 0.109. The maximum atomic E-state index is 9.45. The van der Waals surface area contributed by atoms with Crippen molar-refractivity contribution in [3.05, 3.63) is 0 Å². The van der Waals surface area contributed by atoms with Crippen LogP contribution in [0.4, 0.5) is 0 Å². The van der Waals surface area contributed by atoms with E-state index in [0.717, 1.165) is 19.4 Å². The van der Waals surface area contributed by atoms with Gasteiger partial charge in [0.2, 0.25) is 0 Å². The summed E-state index contributed by atoms with van der Waals surface area (Å²) in [5, 5.41) is 13.1. The first-order valence-corrected chi connectivity index (χ1v) is 6.52. The maximum absolute atomic E-state index is 9.45. The highest BCUT2D eigenvalue weighted by Crippen LogP contribution is 2.24. The van der Waals surface area contributed by atoms with Crippen LogP contribution in [-0.4, -0.2) is 24.3 Å². The standard InChI is InChI=1S/C13H29NO/c1-5-9-12(6-2)14-10-13(7-3,8-4)11-15/h12,14-15H,5-11H2,1-4H3. The zero-order chi connectivity index (χ0) is 11.7. The number of aliphatic hydroxyl groups is 1. The highest BCUT2D eigenvalue weighted by Gasteiger charge is 2.25. The van der Waals surface area contributed by atoms with Crippen molar-refractivity contribution in [2.45, 2.75) is 65.8 Å².